The van der Waals surface area contributed by atoms with Gasteiger partial charge in [-0.1, -0.05) is 31.5 Å². The van der Waals surface area contributed by atoms with Gasteiger partial charge >= 0.3 is 0 Å². The summed E-state index contributed by atoms with van der Waals surface area (Å²) in [6.45, 7) is 10.5. The van der Waals surface area contributed by atoms with E-state index in [0.29, 0.717) is 5.95 Å². The minimum Gasteiger partial charge on any atom is -0.355 e. The van der Waals surface area contributed by atoms with E-state index in [1.807, 2.05) is 0 Å². The molecule has 22 heavy (non-hydrogen) atoms. The Balaban J connectivity index is 2.20. The van der Waals surface area contributed by atoms with E-state index in [1.165, 1.54) is 11.1 Å². The van der Waals surface area contributed by atoms with E-state index in [4.69, 9.17) is 0 Å². The molecule has 0 amide bonds. The Bertz CT molecular complexity index is 606. The summed E-state index contributed by atoms with van der Waals surface area (Å²) in [4.78, 5) is 6.86. The van der Waals surface area contributed by atoms with Gasteiger partial charge in [0.05, 0.1) is 6.20 Å². The first-order valence-corrected chi connectivity index (χ1v) is 7.93. The Labute approximate surface area is 132 Å². The SMILES string of the molecule is CCCN(CCC)c1cnnc(Nc2ccc(C)cc2C)n1. The third kappa shape index (κ3) is 4.16. The molecule has 5 nitrogen and oxygen atoms in total. The van der Waals surface area contributed by atoms with E-state index < -0.39 is 0 Å². The summed E-state index contributed by atoms with van der Waals surface area (Å²) < 4.78 is 0. The zero-order chi connectivity index (χ0) is 15.9. The van der Waals surface area contributed by atoms with Crippen LogP contribution in [0.2, 0.25) is 0 Å². The van der Waals surface area contributed by atoms with Gasteiger partial charge in [0.25, 0.3) is 0 Å². The van der Waals surface area contributed by atoms with Gasteiger partial charge in [0, 0.05) is 18.8 Å². The number of nitrogens with zero attached hydrogens (tertiary/aromatic N) is 4. The summed E-state index contributed by atoms with van der Waals surface area (Å²) >= 11 is 0. The normalized spacial score (nSPS) is 10.5. The van der Waals surface area contributed by atoms with E-state index in [9.17, 15) is 0 Å². The molecule has 0 aliphatic heterocycles. The van der Waals surface area contributed by atoms with Gasteiger partial charge in [0.1, 0.15) is 0 Å². The maximum Gasteiger partial charge on any atom is 0.249 e. The van der Waals surface area contributed by atoms with Crippen LogP contribution in [0.3, 0.4) is 0 Å². The van der Waals surface area contributed by atoms with E-state index in [-0.39, 0.29) is 0 Å². The first-order valence-electron chi connectivity index (χ1n) is 7.93. The molecule has 0 radical (unpaired) electrons. The highest BCUT2D eigenvalue weighted by Gasteiger charge is 2.09. The maximum absolute atomic E-state index is 4.61. The zero-order valence-electron chi connectivity index (χ0n) is 13.9. The van der Waals surface area contributed by atoms with Crippen LogP contribution < -0.4 is 10.2 Å². The molecule has 0 unspecified atom stereocenters. The molecular weight excluding hydrogens is 274 g/mol. The molecule has 0 saturated carbocycles. The average Bonchev–Trinajstić information content (AvgIpc) is 2.50. The highest BCUT2D eigenvalue weighted by Crippen LogP contribution is 2.20. The number of aryl methyl sites for hydroxylation is 2. The Morgan fingerprint density at radius 3 is 2.45 bits per heavy atom. The Morgan fingerprint density at radius 2 is 1.82 bits per heavy atom. The predicted molar refractivity (Wildman–Crippen MR) is 91.8 cm³/mol. The molecule has 118 valence electrons. The van der Waals surface area contributed by atoms with Crippen molar-refractivity contribution in [3.8, 4) is 0 Å². The Kier molecular flexibility index (Phi) is 5.69. The van der Waals surface area contributed by atoms with Crippen molar-refractivity contribution in [2.24, 2.45) is 0 Å². The van der Waals surface area contributed by atoms with Crippen LogP contribution in [0, 0.1) is 13.8 Å². The number of hydrogen-bond donors (Lipinski definition) is 1. The molecule has 0 aliphatic rings. The van der Waals surface area contributed by atoms with Crippen molar-refractivity contribution in [3.63, 3.8) is 0 Å². The lowest BCUT2D eigenvalue weighted by molar-refractivity contribution is 0.728. The quantitative estimate of drug-likeness (QED) is 0.841. The molecule has 0 aliphatic carbocycles. The summed E-state index contributed by atoms with van der Waals surface area (Å²) in [7, 11) is 0. The van der Waals surface area contributed by atoms with E-state index in [2.05, 4.69) is 71.3 Å². The molecule has 0 spiro atoms. The fourth-order valence-electron chi connectivity index (χ4n) is 2.46. The van der Waals surface area contributed by atoms with Crippen LogP contribution in [-0.4, -0.2) is 28.3 Å². The second-order valence-electron chi connectivity index (χ2n) is 5.57. The number of benzene rings is 1. The van der Waals surface area contributed by atoms with E-state index in [1.54, 1.807) is 6.20 Å². The van der Waals surface area contributed by atoms with Crippen molar-refractivity contribution in [2.75, 3.05) is 23.3 Å². The molecule has 1 aromatic heterocycles. The van der Waals surface area contributed by atoms with Gasteiger partial charge in [-0.3, -0.25) is 0 Å². The molecule has 0 saturated heterocycles. The highest BCUT2D eigenvalue weighted by atomic mass is 15.3. The molecule has 1 N–H and O–H groups in total. The van der Waals surface area contributed by atoms with Crippen LogP contribution in [-0.2, 0) is 0 Å². The van der Waals surface area contributed by atoms with E-state index >= 15 is 0 Å². The van der Waals surface area contributed by atoms with Gasteiger partial charge in [-0.25, -0.2) is 0 Å². The van der Waals surface area contributed by atoms with Crippen molar-refractivity contribution in [1.29, 1.82) is 0 Å². The fourth-order valence-corrected chi connectivity index (χ4v) is 2.46. The zero-order valence-corrected chi connectivity index (χ0v) is 13.9. The van der Waals surface area contributed by atoms with Crippen LogP contribution >= 0.6 is 0 Å². The standard InChI is InChI=1S/C17H25N5/c1-5-9-22(10-6-2)16-12-18-21-17(20-16)19-15-8-7-13(3)11-14(15)4/h7-8,11-12H,5-6,9-10H2,1-4H3,(H,19,20,21). The van der Waals surface area contributed by atoms with Crippen molar-refractivity contribution in [3.05, 3.63) is 35.5 Å². The largest absolute Gasteiger partial charge is 0.355 e. The first kappa shape index (κ1) is 16.2. The number of aromatic nitrogens is 3. The number of rotatable bonds is 7. The lowest BCUT2D eigenvalue weighted by atomic mass is 10.1. The minimum absolute atomic E-state index is 0.543. The summed E-state index contributed by atoms with van der Waals surface area (Å²) in [5.74, 6) is 1.42. The van der Waals surface area contributed by atoms with Crippen molar-refractivity contribution >= 4 is 17.5 Å². The summed E-state index contributed by atoms with van der Waals surface area (Å²) in [5.41, 5.74) is 3.43. The van der Waals surface area contributed by atoms with Gasteiger partial charge in [0.15, 0.2) is 5.82 Å². The molecular formula is C17H25N5. The van der Waals surface area contributed by atoms with Crippen LogP contribution in [0.1, 0.15) is 37.8 Å². The van der Waals surface area contributed by atoms with Crippen molar-refractivity contribution in [2.45, 2.75) is 40.5 Å². The maximum atomic E-state index is 4.61. The van der Waals surface area contributed by atoms with E-state index in [0.717, 1.165) is 37.4 Å². The number of nitrogens with one attached hydrogen (secondary N) is 1. The Morgan fingerprint density at radius 1 is 1.09 bits per heavy atom. The molecule has 0 fully saturated rings. The van der Waals surface area contributed by atoms with Crippen LogP contribution in [0.4, 0.5) is 17.5 Å². The third-order valence-electron chi connectivity index (χ3n) is 3.49. The fraction of sp³-hybridized carbons (Fsp3) is 0.471. The minimum atomic E-state index is 0.543. The topological polar surface area (TPSA) is 53.9 Å². The van der Waals surface area contributed by atoms with Gasteiger partial charge in [-0.15, -0.1) is 5.10 Å². The molecule has 2 rings (SSSR count). The molecule has 0 bridgehead atoms. The van der Waals surface area contributed by atoms with Crippen molar-refractivity contribution in [1.82, 2.24) is 15.2 Å². The molecule has 0 atom stereocenters. The Hall–Kier alpha value is -2.17. The van der Waals surface area contributed by atoms with Crippen LogP contribution in [0.25, 0.3) is 0 Å². The number of hydrogen-bond acceptors (Lipinski definition) is 5. The summed E-state index contributed by atoms with van der Waals surface area (Å²) in [6.07, 6.45) is 3.91. The lowest BCUT2D eigenvalue weighted by Gasteiger charge is -2.22. The van der Waals surface area contributed by atoms with Crippen molar-refractivity contribution < 1.29 is 0 Å². The predicted octanol–water partition coefficient (Wildman–Crippen LogP) is 3.86. The second-order valence-corrected chi connectivity index (χ2v) is 5.57. The average molecular weight is 299 g/mol. The number of anilines is 3. The van der Waals surface area contributed by atoms with Gasteiger partial charge in [-0.2, -0.15) is 10.1 Å². The van der Waals surface area contributed by atoms with Gasteiger partial charge < -0.3 is 10.2 Å². The summed E-state index contributed by atoms with van der Waals surface area (Å²) in [5, 5.41) is 11.5. The second kappa shape index (κ2) is 7.73. The lowest BCUT2D eigenvalue weighted by Crippen LogP contribution is -2.26. The van der Waals surface area contributed by atoms with Gasteiger partial charge in [-0.05, 0) is 38.3 Å². The van der Waals surface area contributed by atoms with Crippen LogP contribution in [0.15, 0.2) is 24.4 Å². The molecule has 1 aromatic carbocycles. The first-order chi connectivity index (χ1) is 10.6. The molecule has 2 aromatic rings. The smallest absolute Gasteiger partial charge is 0.249 e. The third-order valence-corrected chi connectivity index (χ3v) is 3.49. The summed E-state index contributed by atoms with van der Waals surface area (Å²) in [6, 6.07) is 6.27. The van der Waals surface area contributed by atoms with Gasteiger partial charge in [0.2, 0.25) is 5.95 Å². The monoisotopic (exact) mass is 299 g/mol. The highest BCUT2D eigenvalue weighted by molar-refractivity contribution is 5.59. The van der Waals surface area contributed by atoms with Crippen LogP contribution in [0.5, 0.6) is 0 Å². The molecule has 1 heterocycles. The molecule has 5 heteroatoms.